The van der Waals surface area contributed by atoms with Gasteiger partial charge in [-0.05, 0) is 42.0 Å². The Labute approximate surface area is 372 Å². The molecule has 0 spiro atoms. The van der Waals surface area contributed by atoms with Gasteiger partial charge in [0.05, 0.1) is 17.0 Å². The summed E-state index contributed by atoms with van der Waals surface area (Å²) in [5.74, 6) is -26.2. The molecule has 67 heavy (non-hydrogen) atoms. The lowest BCUT2D eigenvalue weighted by atomic mass is 9.67. The Hall–Kier alpha value is -8.67. The third-order valence-electron chi connectivity index (χ3n) is 11.8. The highest BCUT2D eigenvalue weighted by molar-refractivity contribution is 6.00. The van der Waals surface area contributed by atoms with Gasteiger partial charge in [-0.1, -0.05) is 0 Å². The molecule has 15 N–H and O–H groups in total. The van der Waals surface area contributed by atoms with Crippen molar-refractivity contribution in [1.29, 1.82) is 0 Å². The lowest BCUT2D eigenvalue weighted by Crippen LogP contribution is -2.70. The van der Waals surface area contributed by atoms with Crippen LogP contribution in [0.1, 0.15) is 55.0 Å². The van der Waals surface area contributed by atoms with Crippen LogP contribution in [0.2, 0.25) is 0 Å². The average Bonchev–Trinajstić information content (AvgIpc) is 3.25. The molecule has 0 saturated carbocycles. The van der Waals surface area contributed by atoms with Crippen LogP contribution in [0.3, 0.4) is 0 Å². The number of hydrogen-bond acceptors (Lipinski definition) is 23. The normalized spacial score (nSPS) is 23.2. The number of ketones is 1. The van der Waals surface area contributed by atoms with Crippen molar-refractivity contribution in [3.63, 3.8) is 0 Å². The van der Waals surface area contributed by atoms with Crippen LogP contribution in [0.4, 0.5) is 0 Å². The molecule has 9 rings (SSSR count). The summed E-state index contributed by atoms with van der Waals surface area (Å²) < 4.78 is 29.3. The number of esters is 2. The van der Waals surface area contributed by atoms with E-state index in [-0.39, 0.29) is 22.6 Å². The number of phenols is 12. The van der Waals surface area contributed by atoms with Gasteiger partial charge in [-0.25, -0.2) is 9.59 Å². The number of aromatic hydroxyl groups is 12. The highest BCUT2D eigenvalue weighted by atomic mass is 16.7. The molecule has 348 valence electrons. The molecule has 4 aliphatic rings. The van der Waals surface area contributed by atoms with E-state index >= 15 is 0 Å². The average molecular weight is 931 g/mol. The fourth-order valence-electron chi connectivity index (χ4n) is 8.64. The van der Waals surface area contributed by atoms with E-state index in [1.54, 1.807) is 0 Å². The van der Waals surface area contributed by atoms with Crippen LogP contribution in [-0.2, 0) is 27.1 Å². The number of rotatable bonds is 6. The van der Waals surface area contributed by atoms with E-state index in [0.717, 1.165) is 42.5 Å². The fourth-order valence-corrected chi connectivity index (χ4v) is 8.64. The predicted octanol–water partition coefficient (Wildman–Crippen LogP) is 1.64. The van der Waals surface area contributed by atoms with E-state index in [9.17, 15) is 91.0 Å². The largest absolute Gasteiger partial charge is 0.508 e. The molecule has 3 heterocycles. The van der Waals surface area contributed by atoms with Crippen molar-refractivity contribution in [2.75, 3.05) is 0 Å². The van der Waals surface area contributed by atoms with Gasteiger partial charge in [-0.15, -0.1) is 0 Å². The van der Waals surface area contributed by atoms with E-state index in [1.165, 1.54) is 0 Å². The number of carbonyl (C=O) groups is 3. The quantitative estimate of drug-likeness (QED) is 0.0653. The van der Waals surface area contributed by atoms with E-state index < -0.39 is 175 Å². The zero-order valence-electron chi connectivity index (χ0n) is 33.5. The van der Waals surface area contributed by atoms with Gasteiger partial charge in [-0.3, -0.25) is 4.79 Å². The van der Waals surface area contributed by atoms with Gasteiger partial charge in [0, 0.05) is 59.4 Å². The third kappa shape index (κ3) is 6.74. The summed E-state index contributed by atoms with van der Waals surface area (Å²) in [6.07, 6.45) is -7.82. The SMILES string of the molecule is O=C(OC1Cc2c(O)cc(O)cc2O[C@@H]1C1=CC(=O)[C@]2(O)Oc3c(O)c(O)cc([C@H]4Oc5cc(O)cc(O)c5C[C@H]4OC(=O)c4cc(O)c(O)c(O)c4)c3[C@H]1C2(O)O)c1cc(O)c(O)c(O)c1. The number of benzene rings is 5. The van der Waals surface area contributed by atoms with Crippen LogP contribution in [0.15, 0.2) is 66.2 Å². The third-order valence-corrected chi connectivity index (χ3v) is 11.8. The van der Waals surface area contributed by atoms with Crippen molar-refractivity contribution in [1.82, 2.24) is 0 Å². The van der Waals surface area contributed by atoms with Crippen LogP contribution in [0.5, 0.6) is 86.2 Å². The van der Waals surface area contributed by atoms with E-state index in [1.807, 2.05) is 0 Å². The lowest BCUT2D eigenvalue weighted by molar-refractivity contribution is -0.340. The van der Waals surface area contributed by atoms with Crippen LogP contribution in [-0.4, -0.2) is 124 Å². The second-order valence-electron chi connectivity index (χ2n) is 16.0. The molecule has 2 bridgehead atoms. The molecule has 23 nitrogen and oxygen atoms in total. The topological polar surface area (TPSA) is 401 Å². The summed E-state index contributed by atoms with van der Waals surface area (Å²) >= 11 is 0. The van der Waals surface area contributed by atoms with Gasteiger partial charge in [0.2, 0.25) is 17.3 Å². The molecule has 0 fully saturated rings. The first kappa shape index (κ1) is 43.6. The maximum Gasteiger partial charge on any atom is 0.338 e. The molecule has 5 aromatic rings. The first-order valence-electron chi connectivity index (χ1n) is 19.5. The van der Waals surface area contributed by atoms with Crippen molar-refractivity contribution in [2.24, 2.45) is 0 Å². The molecule has 0 saturated heterocycles. The molecule has 5 aromatic carbocycles. The standard InChI is InChI=1S/C44H34O23/c45-15-5-21(47)17-10-30(65-41(58)13-1-23(49)35(55)24(50)2-13)38(63-28(17)7-15)19-9-27(53)37(57)40-33(19)34-20(12-32(54)44(62,67-40)43(34,60)61)39-31(11-18-22(48)6-16(46)8-29(18)64-39)66-42(59)14-3-25(51)36(56)26(52)4-14/h1-9,12,30-31,34,38-39,45-53,55-57,60-62H,10-11H2/t30-,31?,34+,38-,39-,44+/m1/s1. The van der Waals surface area contributed by atoms with Gasteiger partial charge >= 0.3 is 17.7 Å². The Bertz CT molecular complexity index is 2980. The Kier molecular flexibility index (Phi) is 9.72. The summed E-state index contributed by atoms with van der Waals surface area (Å²) in [6.45, 7) is 0. The summed E-state index contributed by atoms with van der Waals surface area (Å²) in [7, 11) is 0. The molecule has 1 unspecified atom stereocenters. The second-order valence-corrected chi connectivity index (χ2v) is 16.0. The molecule has 0 amide bonds. The van der Waals surface area contributed by atoms with Crippen LogP contribution in [0, 0.1) is 0 Å². The minimum absolute atomic E-state index is 0.0889. The summed E-state index contributed by atoms with van der Waals surface area (Å²) in [5, 5.41) is 161. The Morgan fingerprint density at radius 3 is 1.46 bits per heavy atom. The molecular weight excluding hydrogens is 896 g/mol. The summed E-state index contributed by atoms with van der Waals surface area (Å²) in [6, 6.07) is 7.50. The van der Waals surface area contributed by atoms with Gasteiger partial charge < -0.3 is 100 Å². The zero-order chi connectivity index (χ0) is 48.3. The van der Waals surface area contributed by atoms with Gasteiger partial charge in [0.25, 0.3) is 0 Å². The maximum atomic E-state index is 14.0. The molecule has 23 heteroatoms. The monoisotopic (exact) mass is 930 g/mol. The summed E-state index contributed by atoms with van der Waals surface area (Å²) in [5.41, 5.74) is -3.10. The maximum absolute atomic E-state index is 14.0. The second kappa shape index (κ2) is 14.9. The highest BCUT2D eigenvalue weighted by Gasteiger charge is 2.70. The number of carbonyl (C=O) groups excluding carboxylic acids is 3. The van der Waals surface area contributed by atoms with E-state index in [0.29, 0.717) is 18.2 Å². The first-order chi connectivity index (χ1) is 31.5. The first-order valence-corrected chi connectivity index (χ1v) is 19.5. The Morgan fingerprint density at radius 1 is 0.552 bits per heavy atom. The Morgan fingerprint density at radius 2 is 0.985 bits per heavy atom. The minimum Gasteiger partial charge on any atom is -0.508 e. The molecule has 3 aliphatic heterocycles. The molecule has 0 aromatic heterocycles. The van der Waals surface area contributed by atoms with Crippen molar-refractivity contribution >= 4 is 17.7 Å². The van der Waals surface area contributed by atoms with Crippen molar-refractivity contribution in [3.05, 3.63) is 99.6 Å². The molecule has 6 atom stereocenters. The number of aliphatic hydroxyl groups is 3. The lowest BCUT2D eigenvalue weighted by Gasteiger charge is -2.52. The number of ether oxygens (including phenoxy) is 5. The van der Waals surface area contributed by atoms with E-state index in [4.69, 9.17) is 23.7 Å². The van der Waals surface area contributed by atoms with Crippen LogP contribution < -0.4 is 14.2 Å². The molecular formula is C44H34O23. The van der Waals surface area contributed by atoms with Gasteiger partial charge in [0.15, 0.2) is 58.2 Å². The van der Waals surface area contributed by atoms with Crippen molar-refractivity contribution in [2.45, 2.75) is 54.7 Å². The van der Waals surface area contributed by atoms with Gasteiger partial charge in [-0.2, -0.15) is 0 Å². The predicted molar refractivity (Wildman–Crippen MR) is 214 cm³/mol. The number of fused-ring (bicyclic) bond motifs is 6. The van der Waals surface area contributed by atoms with Gasteiger partial charge in [0.1, 0.15) is 46.7 Å². The molecule has 1 aliphatic carbocycles. The smallest absolute Gasteiger partial charge is 0.338 e. The minimum atomic E-state index is -3.86. The van der Waals surface area contributed by atoms with E-state index in [2.05, 4.69) is 0 Å². The zero-order valence-corrected chi connectivity index (χ0v) is 33.5. The number of phenolic OH excluding ortho intramolecular Hbond substituents is 12. The molecule has 0 radical (unpaired) electrons. The van der Waals surface area contributed by atoms with Crippen molar-refractivity contribution in [3.8, 4) is 86.2 Å². The van der Waals surface area contributed by atoms with Crippen LogP contribution >= 0.6 is 0 Å². The fraction of sp³-hybridized carbons (Fsp3) is 0.205. The Balaban J connectivity index is 1.23. The summed E-state index contributed by atoms with van der Waals surface area (Å²) in [4.78, 5) is 41.4. The number of hydrogen-bond donors (Lipinski definition) is 15. The highest BCUT2D eigenvalue weighted by Crippen LogP contribution is 2.61. The van der Waals surface area contributed by atoms with Crippen molar-refractivity contribution < 1.29 is 115 Å². The van der Waals surface area contributed by atoms with Crippen LogP contribution in [0.25, 0.3) is 0 Å².